The summed E-state index contributed by atoms with van der Waals surface area (Å²) in [5.74, 6) is -3.19. The Kier molecular flexibility index (Phi) is 15.3. The number of carbonyl (C=O) groups excluding carboxylic acids is 2. The minimum Gasteiger partial charge on any atom is -0.476 e. The molecule has 0 aliphatic rings. The summed E-state index contributed by atoms with van der Waals surface area (Å²) in [5.41, 5.74) is 0. The Morgan fingerprint density at radius 2 is 1.17 bits per heavy atom. The highest BCUT2D eigenvalue weighted by Crippen LogP contribution is 1.95. The van der Waals surface area contributed by atoms with Crippen LogP contribution in [0.1, 0.15) is 19.8 Å². The molecule has 0 rings (SSSR count). The molecule has 0 bridgehead atoms. The summed E-state index contributed by atoms with van der Waals surface area (Å²) in [7, 11) is 0. The van der Waals surface area contributed by atoms with Crippen molar-refractivity contribution in [2.45, 2.75) is 19.8 Å². The van der Waals surface area contributed by atoms with Crippen molar-refractivity contribution in [1.29, 1.82) is 0 Å². The van der Waals surface area contributed by atoms with Crippen molar-refractivity contribution >= 4 is 17.7 Å². The van der Waals surface area contributed by atoms with Crippen molar-refractivity contribution in [3.63, 3.8) is 0 Å². The maximum absolute atomic E-state index is 11.2. The van der Waals surface area contributed by atoms with E-state index in [9.17, 15) is 14.4 Å². The van der Waals surface area contributed by atoms with Crippen LogP contribution in [0.15, 0.2) is 0 Å². The first-order valence-corrected chi connectivity index (χ1v) is 7.80. The van der Waals surface area contributed by atoms with Crippen LogP contribution in [0, 0.1) is 0 Å². The summed E-state index contributed by atoms with van der Waals surface area (Å²) in [6.07, 6.45) is -0.618. The highest BCUT2D eigenvalue weighted by atomic mass is 16.6. The monoisotopic (exact) mass is 350 g/mol. The van der Waals surface area contributed by atoms with E-state index in [1.165, 1.54) is 0 Å². The fraction of sp³-hybridized carbons (Fsp3) is 0.800. The van der Waals surface area contributed by atoms with Gasteiger partial charge in [0, 0.05) is 13.0 Å². The van der Waals surface area contributed by atoms with Crippen molar-refractivity contribution in [3.8, 4) is 0 Å². The van der Waals surface area contributed by atoms with Crippen LogP contribution in [0.4, 0.5) is 0 Å². The van der Waals surface area contributed by atoms with Crippen LogP contribution in [0.25, 0.3) is 0 Å². The number of aliphatic carboxylic acids is 1. The van der Waals surface area contributed by atoms with Gasteiger partial charge in [-0.25, -0.2) is 4.79 Å². The number of rotatable bonds is 17. The van der Waals surface area contributed by atoms with Gasteiger partial charge in [-0.15, -0.1) is 0 Å². The van der Waals surface area contributed by atoms with Crippen molar-refractivity contribution in [1.82, 2.24) is 0 Å². The Morgan fingerprint density at radius 3 is 1.62 bits per heavy atom. The van der Waals surface area contributed by atoms with Gasteiger partial charge in [-0.1, -0.05) is 0 Å². The molecule has 9 heteroatoms. The van der Waals surface area contributed by atoms with E-state index in [0.717, 1.165) is 0 Å². The van der Waals surface area contributed by atoms with Crippen LogP contribution < -0.4 is 0 Å². The lowest BCUT2D eigenvalue weighted by atomic mass is 10.2. The first-order valence-electron chi connectivity index (χ1n) is 7.80. The summed E-state index contributed by atoms with van der Waals surface area (Å²) in [5, 5.41) is 8.35. The first-order chi connectivity index (χ1) is 11.6. The molecule has 0 atom stereocenters. The lowest BCUT2D eigenvalue weighted by Gasteiger charge is -2.07. The molecule has 24 heavy (non-hydrogen) atoms. The molecule has 0 amide bonds. The third-order valence-electron chi connectivity index (χ3n) is 2.61. The van der Waals surface area contributed by atoms with Gasteiger partial charge >= 0.3 is 11.9 Å². The largest absolute Gasteiger partial charge is 0.476 e. The zero-order valence-electron chi connectivity index (χ0n) is 14.0. The third-order valence-corrected chi connectivity index (χ3v) is 2.61. The van der Waals surface area contributed by atoms with Crippen LogP contribution in [0.3, 0.4) is 0 Å². The fourth-order valence-electron chi connectivity index (χ4n) is 1.41. The van der Waals surface area contributed by atoms with Gasteiger partial charge in [-0.3, -0.25) is 9.59 Å². The molecule has 1 N–H and O–H groups in total. The van der Waals surface area contributed by atoms with Crippen LogP contribution in [-0.4, -0.2) is 82.3 Å². The van der Waals surface area contributed by atoms with Crippen LogP contribution in [-0.2, 0) is 38.1 Å². The summed E-state index contributed by atoms with van der Waals surface area (Å²) in [4.78, 5) is 32.2. The molecule has 0 aliphatic carbocycles. The molecule has 0 unspecified atom stereocenters. The molecule has 9 nitrogen and oxygen atoms in total. The summed E-state index contributed by atoms with van der Waals surface area (Å²) < 4.78 is 25.6. The van der Waals surface area contributed by atoms with E-state index in [4.69, 9.17) is 28.8 Å². The maximum Gasteiger partial charge on any atom is 0.372 e. The Labute approximate surface area is 141 Å². The molecule has 0 fully saturated rings. The molecule has 140 valence electrons. The van der Waals surface area contributed by atoms with Crippen molar-refractivity contribution in [3.05, 3.63) is 0 Å². The number of esters is 1. The zero-order chi connectivity index (χ0) is 18.0. The number of Topliss-reactive ketones (excluding diaryl/α,β-unsaturated/α-hetero) is 1. The molecule has 0 aromatic heterocycles. The number of ketones is 1. The topological polar surface area (TPSA) is 118 Å². The van der Waals surface area contributed by atoms with E-state index >= 15 is 0 Å². The average Bonchev–Trinajstić information content (AvgIpc) is 2.56. The number of hydrogen-bond acceptors (Lipinski definition) is 8. The Balaban J connectivity index is 3.23. The highest BCUT2D eigenvalue weighted by molar-refractivity contribution is 6.32. The molecule has 0 heterocycles. The first kappa shape index (κ1) is 22.4. The van der Waals surface area contributed by atoms with Gasteiger partial charge in [0.05, 0.1) is 52.7 Å². The van der Waals surface area contributed by atoms with Gasteiger partial charge < -0.3 is 28.8 Å². The molecule has 0 saturated heterocycles. The molecule has 0 spiro atoms. The quantitative estimate of drug-likeness (QED) is 0.220. The van der Waals surface area contributed by atoms with Gasteiger partial charge in [-0.2, -0.15) is 0 Å². The van der Waals surface area contributed by atoms with E-state index in [1.54, 1.807) is 0 Å². The lowest BCUT2D eigenvalue weighted by molar-refractivity contribution is -0.151. The smallest absolute Gasteiger partial charge is 0.372 e. The average molecular weight is 350 g/mol. The molecule has 0 saturated carbocycles. The van der Waals surface area contributed by atoms with Gasteiger partial charge in [0.1, 0.15) is 6.61 Å². The van der Waals surface area contributed by atoms with Crippen LogP contribution in [0.2, 0.25) is 0 Å². The second-order valence-electron chi connectivity index (χ2n) is 4.48. The SMILES string of the molecule is CCOCCOCCOCCOCCOC(=O)CCC(=O)C(=O)O. The molecular formula is C15H26O9. The normalized spacial score (nSPS) is 10.5. The molecule has 0 aromatic carbocycles. The lowest BCUT2D eigenvalue weighted by Crippen LogP contribution is -2.17. The number of carboxylic acids is 1. The fourth-order valence-corrected chi connectivity index (χ4v) is 1.41. The van der Waals surface area contributed by atoms with Gasteiger partial charge in [-0.05, 0) is 6.92 Å². The van der Waals surface area contributed by atoms with Gasteiger partial charge in [0.25, 0.3) is 0 Å². The predicted molar refractivity (Wildman–Crippen MR) is 81.8 cm³/mol. The minimum absolute atomic E-state index is 0.0423. The molecule has 0 radical (unpaired) electrons. The molecular weight excluding hydrogens is 324 g/mol. The van der Waals surface area contributed by atoms with E-state index in [-0.39, 0.29) is 26.1 Å². The highest BCUT2D eigenvalue weighted by Gasteiger charge is 2.13. The minimum atomic E-state index is -1.55. The third kappa shape index (κ3) is 15.3. The van der Waals surface area contributed by atoms with Crippen molar-refractivity contribution in [2.24, 2.45) is 0 Å². The Bertz CT molecular complexity index is 357. The van der Waals surface area contributed by atoms with E-state index in [2.05, 4.69) is 0 Å². The predicted octanol–water partition coefficient (Wildman–Crippen LogP) is 0.0498. The maximum atomic E-state index is 11.2. The molecule has 0 aromatic rings. The number of ether oxygens (including phenoxy) is 5. The Hall–Kier alpha value is -1.55. The summed E-state index contributed by atoms with van der Waals surface area (Å²) in [6.45, 7) is 5.65. The van der Waals surface area contributed by atoms with Gasteiger partial charge in [0.2, 0.25) is 5.78 Å². The van der Waals surface area contributed by atoms with E-state index in [0.29, 0.717) is 46.2 Å². The number of carboxylic acid groups (broad SMARTS) is 1. The van der Waals surface area contributed by atoms with Gasteiger partial charge in [0.15, 0.2) is 0 Å². The van der Waals surface area contributed by atoms with E-state index < -0.39 is 17.7 Å². The summed E-state index contributed by atoms with van der Waals surface area (Å²) in [6, 6.07) is 0. The number of hydrogen-bond donors (Lipinski definition) is 1. The van der Waals surface area contributed by atoms with Crippen molar-refractivity contribution < 1.29 is 43.2 Å². The number of carbonyl (C=O) groups is 3. The zero-order valence-corrected chi connectivity index (χ0v) is 14.0. The second kappa shape index (κ2) is 16.3. The van der Waals surface area contributed by atoms with Crippen LogP contribution >= 0.6 is 0 Å². The second-order valence-corrected chi connectivity index (χ2v) is 4.48. The van der Waals surface area contributed by atoms with Crippen LogP contribution in [0.5, 0.6) is 0 Å². The standard InChI is InChI=1S/C15H26O9/c1-2-20-5-6-21-7-8-22-9-10-23-11-12-24-14(17)4-3-13(16)15(18)19/h2-12H2,1H3,(H,18,19). The molecule has 0 aliphatic heterocycles. The Morgan fingerprint density at radius 1 is 0.708 bits per heavy atom. The summed E-state index contributed by atoms with van der Waals surface area (Å²) >= 11 is 0. The van der Waals surface area contributed by atoms with Crippen molar-refractivity contribution in [2.75, 3.05) is 59.5 Å². The van der Waals surface area contributed by atoms with E-state index in [1.807, 2.05) is 6.92 Å².